The Morgan fingerprint density at radius 3 is 2.91 bits per heavy atom. The van der Waals surface area contributed by atoms with E-state index in [0.717, 1.165) is 0 Å². The molecule has 2 N–H and O–H groups in total. The molecule has 0 amide bonds. The van der Waals surface area contributed by atoms with Crippen molar-refractivity contribution >= 4 is 17.3 Å². The highest BCUT2D eigenvalue weighted by atomic mass is 35.5. The predicted molar refractivity (Wildman–Crippen MR) is 47.0 cm³/mol. The highest BCUT2D eigenvalue weighted by Gasteiger charge is 1.99. The first-order valence-electron chi connectivity index (χ1n) is 3.42. The second-order valence-electron chi connectivity index (χ2n) is 2.12. The first kappa shape index (κ1) is 8.21. The lowest BCUT2D eigenvalue weighted by atomic mass is 10.3. The van der Waals surface area contributed by atoms with E-state index in [1.165, 1.54) is 0 Å². The molecule has 60 valence electrons. The van der Waals surface area contributed by atoms with E-state index < -0.39 is 0 Å². The lowest BCUT2D eigenvalue weighted by Gasteiger charge is -2.05. The van der Waals surface area contributed by atoms with E-state index >= 15 is 0 Å². The number of rotatable bonds is 2. The molecular weight excluding hydrogens is 162 g/mol. The lowest BCUT2D eigenvalue weighted by Crippen LogP contribution is -1.93. The Bertz CT molecular complexity index is 250. The van der Waals surface area contributed by atoms with Crippen molar-refractivity contribution in [2.45, 2.75) is 6.92 Å². The summed E-state index contributed by atoms with van der Waals surface area (Å²) in [6.07, 6.45) is 0. The highest BCUT2D eigenvalue weighted by molar-refractivity contribution is 6.32. The van der Waals surface area contributed by atoms with Gasteiger partial charge in [0.05, 0.1) is 11.6 Å². The van der Waals surface area contributed by atoms with Crippen LogP contribution in [-0.4, -0.2) is 6.61 Å². The maximum absolute atomic E-state index is 5.79. The van der Waals surface area contributed by atoms with Crippen LogP contribution in [0.5, 0.6) is 5.75 Å². The van der Waals surface area contributed by atoms with E-state index in [1.807, 2.05) is 6.92 Å². The maximum Gasteiger partial charge on any atom is 0.139 e. The van der Waals surface area contributed by atoms with Gasteiger partial charge in [-0.3, -0.25) is 0 Å². The van der Waals surface area contributed by atoms with Crippen molar-refractivity contribution in [1.29, 1.82) is 0 Å². The summed E-state index contributed by atoms with van der Waals surface area (Å²) in [6, 6.07) is 5.18. The summed E-state index contributed by atoms with van der Waals surface area (Å²) in [7, 11) is 0. The quantitative estimate of drug-likeness (QED) is 0.694. The molecule has 1 aromatic carbocycles. The van der Waals surface area contributed by atoms with Gasteiger partial charge < -0.3 is 10.5 Å². The minimum absolute atomic E-state index is 0.598. The van der Waals surface area contributed by atoms with Crippen molar-refractivity contribution in [3.05, 3.63) is 23.2 Å². The largest absolute Gasteiger partial charge is 0.492 e. The fraction of sp³-hybridized carbons (Fsp3) is 0.250. The predicted octanol–water partition coefficient (Wildman–Crippen LogP) is 2.32. The third-order valence-electron chi connectivity index (χ3n) is 1.26. The van der Waals surface area contributed by atoms with Crippen LogP contribution in [0.3, 0.4) is 0 Å². The second kappa shape index (κ2) is 3.49. The molecule has 0 aliphatic carbocycles. The molecule has 0 saturated carbocycles. The molecule has 0 aliphatic rings. The molecule has 1 rings (SSSR count). The van der Waals surface area contributed by atoms with Gasteiger partial charge in [-0.05, 0) is 19.1 Å². The van der Waals surface area contributed by atoms with Gasteiger partial charge in [0.25, 0.3) is 0 Å². The Morgan fingerprint density at radius 2 is 2.27 bits per heavy atom. The van der Waals surface area contributed by atoms with Crippen molar-refractivity contribution in [2.24, 2.45) is 0 Å². The van der Waals surface area contributed by atoms with E-state index in [-0.39, 0.29) is 0 Å². The summed E-state index contributed by atoms with van der Waals surface area (Å²) >= 11 is 5.79. The molecule has 3 heteroatoms. The molecule has 0 aromatic heterocycles. The smallest absolute Gasteiger partial charge is 0.139 e. The third-order valence-corrected chi connectivity index (χ3v) is 1.57. The zero-order valence-electron chi connectivity index (χ0n) is 6.30. The lowest BCUT2D eigenvalue weighted by molar-refractivity contribution is 0.340. The van der Waals surface area contributed by atoms with Crippen LogP contribution in [0.2, 0.25) is 5.02 Å². The number of ether oxygens (including phenoxy) is 1. The van der Waals surface area contributed by atoms with Crippen LogP contribution in [0, 0.1) is 0 Å². The van der Waals surface area contributed by atoms with Gasteiger partial charge in [0, 0.05) is 11.8 Å². The zero-order valence-corrected chi connectivity index (χ0v) is 7.06. The van der Waals surface area contributed by atoms with Crippen LogP contribution in [0.25, 0.3) is 0 Å². The first-order chi connectivity index (χ1) is 5.24. The first-order valence-corrected chi connectivity index (χ1v) is 3.79. The van der Waals surface area contributed by atoms with E-state index in [4.69, 9.17) is 22.1 Å². The fourth-order valence-corrected chi connectivity index (χ4v) is 0.958. The normalized spacial score (nSPS) is 9.64. The summed E-state index contributed by atoms with van der Waals surface area (Å²) < 4.78 is 5.21. The van der Waals surface area contributed by atoms with Gasteiger partial charge in [0.15, 0.2) is 0 Å². The van der Waals surface area contributed by atoms with Crippen molar-refractivity contribution < 1.29 is 4.74 Å². The molecular formula is C8H10ClNO. The second-order valence-corrected chi connectivity index (χ2v) is 2.53. The van der Waals surface area contributed by atoms with Crippen molar-refractivity contribution in [3.8, 4) is 5.75 Å². The van der Waals surface area contributed by atoms with Gasteiger partial charge in [-0.25, -0.2) is 0 Å². The van der Waals surface area contributed by atoms with Crippen molar-refractivity contribution in [1.82, 2.24) is 0 Å². The van der Waals surface area contributed by atoms with Gasteiger partial charge in [-0.1, -0.05) is 11.6 Å². The fourth-order valence-electron chi connectivity index (χ4n) is 0.786. The SMILES string of the molecule is CCOc1cc(N)ccc1Cl. The monoisotopic (exact) mass is 171 g/mol. The van der Waals surface area contributed by atoms with Gasteiger partial charge >= 0.3 is 0 Å². The van der Waals surface area contributed by atoms with Gasteiger partial charge in [-0.2, -0.15) is 0 Å². The number of halogens is 1. The summed E-state index contributed by atoms with van der Waals surface area (Å²) in [5.74, 6) is 0.647. The molecule has 1 aromatic rings. The summed E-state index contributed by atoms with van der Waals surface area (Å²) in [5, 5.41) is 0.598. The minimum atomic E-state index is 0.598. The molecule has 0 heterocycles. The molecule has 0 aliphatic heterocycles. The standard InChI is InChI=1S/C8H10ClNO/c1-2-11-8-5-6(10)3-4-7(8)9/h3-5H,2,10H2,1H3. The van der Waals surface area contributed by atoms with Crippen LogP contribution in [0.15, 0.2) is 18.2 Å². The van der Waals surface area contributed by atoms with Gasteiger partial charge in [0.2, 0.25) is 0 Å². The Hall–Kier alpha value is -0.890. The minimum Gasteiger partial charge on any atom is -0.492 e. The van der Waals surface area contributed by atoms with Crippen molar-refractivity contribution in [2.75, 3.05) is 12.3 Å². The number of nitrogens with two attached hydrogens (primary N) is 1. The molecule has 0 radical (unpaired) electrons. The Kier molecular flexibility index (Phi) is 2.60. The highest BCUT2D eigenvalue weighted by Crippen LogP contribution is 2.26. The van der Waals surface area contributed by atoms with Gasteiger partial charge in [-0.15, -0.1) is 0 Å². The van der Waals surface area contributed by atoms with Gasteiger partial charge in [0.1, 0.15) is 5.75 Å². The average Bonchev–Trinajstić information content (AvgIpc) is 1.98. The number of hydrogen-bond donors (Lipinski definition) is 1. The molecule has 0 bridgehead atoms. The molecule has 11 heavy (non-hydrogen) atoms. The van der Waals surface area contributed by atoms with Crippen LogP contribution in [0.4, 0.5) is 5.69 Å². The van der Waals surface area contributed by atoms with Crippen LogP contribution in [-0.2, 0) is 0 Å². The number of hydrogen-bond acceptors (Lipinski definition) is 2. The Morgan fingerprint density at radius 1 is 1.55 bits per heavy atom. The number of nitrogen functional groups attached to an aromatic ring is 1. The molecule has 0 spiro atoms. The Balaban J connectivity index is 2.93. The summed E-state index contributed by atoms with van der Waals surface area (Å²) in [4.78, 5) is 0. The summed E-state index contributed by atoms with van der Waals surface area (Å²) in [6.45, 7) is 2.50. The van der Waals surface area contributed by atoms with E-state index in [0.29, 0.717) is 23.1 Å². The van der Waals surface area contributed by atoms with E-state index in [9.17, 15) is 0 Å². The summed E-state index contributed by atoms with van der Waals surface area (Å²) in [5.41, 5.74) is 6.18. The molecule has 0 unspecified atom stereocenters. The van der Waals surface area contributed by atoms with Crippen LogP contribution < -0.4 is 10.5 Å². The van der Waals surface area contributed by atoms with Crippen LogP contribution >= 0.6 is 11.6 Å². The topological polar surface area (TPSA) is 35.2 Å². The average molecular weight is 172 g/mol. The van der Waals surface area contributed by atoms with E-state index in [2.05, 4.69) is 0 Å². The molecule has 0 fully saturated rings. The number of benzene rings is 1. The van der Waals surface area contributed by atoms with E-state index in [1.54, 1.807) is 18.2 Å². The zero-order chi connectivity index (χ0) is 8.27. The molecule has 2 nitrogen and oxygen atoms in total. The number of anilines is 1. The maximum atomic E-state index is 5.79. The van der Waals surface area contributed by atoms with Crippen LogP contribution in [0.1, 0.15) is 6.92 Å². The van der Waals surface area contributed by atoms with Crippen molar-refractivity contribution in [3.63, 3.8) is 0 Å². The molecule has 0 saturated heterocycles. The Labute approximate surface area is 70.9 Å². The third kappa shape index (κ3) is 2.02. The molecule has 0 atom stereocenters.